The molecule has 1 atom stereocenters. The van der Waals surface area contributed by atoms with Crippen molar-refractivity contribution in [2.45, 2.75) is 63.9 Å². The number of nitrogens with one attached hydrogen (secondary N) is 1. The summed E-state index contributed by atoms with van der Waals surface area (Å²) in [5.41, 5.74) is 3.17. The van der Waals surface area contributed by atoms with Crippen molar-refractivity contribution in [1.82, 2.24) is 10.2 Å². The zero-order chi connectivity index (χ0) is 22.2. The molecule has 1 unspecified atom stereocenters. The van der Waals surface area contributed by atoms with E-state index in [2.05, 4.69) is 17.4 Å². The maximum Gasteiger partial charge on any atom is 0.242 e. The fourth-order valence-corrected chi connectivity index (χ4v) is 4.76. The van der Waals surface area contributed by atoms with Crippen molar-refractivity contribution in [2.24, 2.45) is 0 Å². The molecule has 3 rings (SSSR count). The molecule has 4 nitrogen and oxygen atoms in total. The van der Waals surface area contributed by atoms with Crippen molar-refractivity contribution < 1.29 is 14.0 Å². The van der Waals surface area contributed by atoms with E-state index >= 15 is 0 Å². The van der Waals surface area contributed by atoms with Crippen LogP contribution in [0.1, 0.15) is 49.3 Å². The number of nitrogens with zero attached hydrogens (tertiary/aromatic N) is 1. The molecule has 31 heavy (non-hydrogen) atoms. The third-order valence-corrected chi connectivity index (χ3v) is 6.70. The number of rotatable bonds is 9. The quantitative estimate of drug-likeness (QED) is 0.604. The predicted molar refractivity (Wildman–Crippen MR) is 124 cm³/mol. The highest BCUT2D eigenvalue weighted by atomic mass is 32.2. The first-order chi connectivity index (χ1) is 14.9. The average Bonchev–Trinajstić information content (AvgIpc) is 3.26. The number of aryl methyl sites for hydroxylation is 1. The Bertz CT molecular complexity index is 881. The van der Waals surface area contributed by atoms with E-state index in [-0.39, 0.29) is 36.0 Å². The van der Waals surface area contributed by atoms with Gasteiger partial charge in [0.25, 0.3) is 0 Å². The second-order valence-electron chi connectivity index (χ2n) is 8.30. The molecule has 0 saturated heterocycles. The van der Waals surface area contributed by atoms with Crippen LogP contribution in [0.25, 0.3) is 0 Å². The van der Waals surface area contributed by atoms with Gasteiger partial charge in [-0.3, -0.25) is 9.59 Å². The van der Waals surface area contributed by atoms with Crippen LogP contribution in [0, 0.1) is 12.7 Å². The highest BCUT2D eigenvalue weighted by Gasteiger charge is 2.28. The van der Waals surface area contributed by atoms with Crippen LogP contribution >= 0.6 is 11.8 Å². The SMILES string of the molecule is Cc1cccc(CSCC(=O)N(Cc2ccc(F)cc2)C(C)C(=O)NC2CCCC2)c1. The molecule has 0 bridgehead atoms. The molecule has 0 spiro atoms. The first kappa shape index (κ1) is 23.3. The maximum absolute atomic E-state index is 13.3. The maximum atomic E-state index is 13.3. The molecule has 1 aliphatic rings. The van der Waals surface area contributed by atoms with Gasteiger partial charge < -0.3 is 10.2 Å². The Morgan fingerprint density at radius 3 is 2.52 bits per heavy atom. The molecule has 1 aliphatic carbocycles. The third-order valence-electron chi connectivity index (χ3n) is 5.71. The largest absolute Gasteiger partial charge is 0.352 e. The fourth-order valence-electron chi connectivity index (χ4n) is 3.90. The van der Waals surface area contributed by atoms with Gasteiger partial charge in [0.05, 0.1) is 5.75 Å². The van der Waals surface area contributed by atoms with E-state index < -0.39 is 6.04 Å². The van der Waals surface area contributed by atoms with E-state index in [1.165, 1.54) is 23.3 Å². The van der Waals surface area contributed by atoms with Crippen molar-refractivity contribution in [3.63, 3.8) is 0 Å². The summed E-state index contributed by atoms with van der Waals surface area (Å²) >= 11 is 1.54. The Morgan fingerprint density at radius 2 is 1.84 bits per heavy atom. The van der Waals surface area contributed by atoms with Gasteiger partial charge in [0.2, 0.25) is 11.8 Å². The highest BCUT2D eigenvalue weighted by Crippen LogP contribution is 2.20. The van der Waals surface area contributed by atoms with E-state index in [4.69, 9.17) is 0 Å². The van der Waals surface area contributed by atoms with Crippen LogP contribution in [0.15, 0.2) is 48.5 Å². The van der Waals surface area contributed by atoms with Crippen molar-refractivity contribution in [3.8, 4) is 0 Å². The lowest BCUT2D eigenvalue weighted by Gasteiger charge is -2.29. The van der Waals surface area contributed by atoms with Gasteiger partial charge in [-0.1, -0.05) is 54.8 Å². The highest BCUT2D eigenvalue weighted by molar-refractivity contribution is 7.99. The average molecular weight is 443 g/mol. The van der Waals surface area contributed by atoms with E-state index in [0.717, 1.165) is 37.0 Å². The Morgan fingerprint density at radius 1 is 1.13 bits per heavy atom. The minimum absolute atomic E-state index is 0.0870. The first-order valence-electron chi connectivity index (χ1n) is 10.9. The lowest BCUT2D eigenvalue weighted by atomic mass is 10.1. The molecular weight excluding hydrogens is 411 g/mol. The molecule has 1 saturated carbocycles. The Balaban J connectivity index is 1.64. The van der Waals surface area contributed by atoms with Crippen LogP contribution in [0.2, 0.25) is 0 Å². The minimum Gasteiger partial charge on any atom is -0.352 e. The van der Waals surface area contributed by atoms with Crippen LogP contribution in [0.5, 0.6) is 0 Å². The van der Waals surface area contributed by atoms with Crippen molar-refractivity contribution >= 4 is 23.6 Å². The Labute approximate surface area is 188 Å². The van der Waals surface area contributed by atoms with E-state index in [0.29, 0.717) is 0 Å². The molecule has 0 aliphatic heterocycles. The molecule has 166 valence electrons. The molecule has 1 fully saturated rings. The second kappa shape index (κ2) is 11.3. The van der Waals surface area contributed by atoms with E-state index in [1.807, 2.05) is 19.1 Å². The van der Waals surface area contributed by atoms with Gasteiger partial charge in [-0.2, -0.15) is 0 Å². The van der Waals surface area contributed by atoms with Crippen LogP contribution in [-0.2, 0) is 21.9 Å². The standard InChI is InChI=1S/C25H31FN2O2S/c1-18-6-5-7-21(14-18)16-31-17-24(29)28(15-20-10-12-22(26)13-11-20)19(2)25(30)27-23-8-3-4-9-23/h5-7,10-14,19,23H,3-4,8-9,15-17H2,1-2H3,(H,27,30). The number of carbonyl (C=O) groups excluding carboxylic acids is 2. The zero-order valence-corrected chi connectivity index (χ0v) is 19.1. The van der Waals surface area contributed by atoms with Gasteiger partial charge in [0, 0.05) is 18.3 Å². The topological polar surface area (TPSA) is 49.4 Å². The van der Waals surface area contributed by atoms with Crippen LogP contribution in [0.3, 0.4) is 0 Å². The van der Waals surface area contributed by atoms with Gasteiger partial charge in [0.15, 0.2) is 0 Å². The Hall–Kier alpha value is -2.34. The second-order valence-corrected chi connectivity index (χ2v) is 9.28. The summed E-state index contributed by atoms with van der Waals surface area (Å²) in [5.74, 6) is 0.501. The molecule has 2 aromatic carbocycles. The number of amides is 2. The summed E-state index contributed by atoms with van der Waals surface area (Å²) < 4.78 is 13.3. The molecule has 0 aromatic heterocycles. The number of hydrogen-bond acceptors (Lipinski definition) is 3. The molecule has 0 radical (unpaired) electrons. The van der Waals surface area contributed by atoms with Gasteiger partial charge in [0.1, 0.15) is 11.9 Å². The predicted octanol–water partition coefficient (Wildman–Crippen LogP) is 4.84. The molecule has 6 heteroatoms. The zero-order valence-electron chi connectivity index (χ0n) is 18.3. The normalized spacial score (nSPS) is 14.9. The summed E-state index contributed by atoms with van der Waals surface area (Å²) in [7, 11) is 0. The smallest absolute Gasteiger partial charge is 0.242 e. The van der Waals surface area contributed by atoms with E-state index in [9.17, 15) is 14.0 Å². The fraction of sp³-hybridized carbons (Fsp3) is 0.440. The molecular formula is C25H31FN2O2S. The monoisotopic (exact) mass is 442 g/mol. The summed E-state index contributed by atoms with van der Waals surface area (Å²) in [5, 5.41) is 3.10. The van der Waals surface area contributed by atoms with Gasteiger partial charge in [-0.25, -0.2) is 4.39 Å². The van der Waals surface area contributed by atoms with Crippen molar-refractivity contribution in [3.05, 3.63) is 71.0 Å². The van der Waals surface area contributed by atoms with Gasteiger partial charge in [-0.05, 0) is 49.9 Å². The number of carbonyl (C=O) groups is 2. The van der Waals surface area contributed by atoms with Crippen molar-refractivity contribution in [1.29, 1.82) is 0 Å². The molecule has 2 amide bonds. The first-order valence-corrected chi connectivity index (χ1v) is 12.1. The summed E-state index contributed by atoms with van der Waals surface area (Å²) in [6.45, 7) is 4.11. The summed E-state index contributed by atoms with van der Waals surface area (Å²) in [4.78, 5) is 27.6. The molecule has 1 N–H and O–H groups in total. The lowest BCUT2D eigenvalue weighted by molar-refractivity contribution is -0.138. The van der Waals surface area contributed by atoms with Gasteiger partial charge in [-0.15, -0.1) is 11.8 Å². The molecule has 2 aromatic rings. The number of halogens is 1. The van der Waals surface area contributed by atoms with Crippen LogP contribution in [-0.4, -0.2) is 34.6 Å². The Kier molecular flexibility index (Phi) is 8.52. The number of thioether (sulfide) groups is 1. The molecule has 0 heterocycles. The van der Waals surface area contributed by atoms with Gasteiger partial charge >= 0.3 is 0 Å². The van der Waals surface area contributed by atoms with Crippen molar-refractivity contribution in [2.75, 3.05) is 5.75 Å². The minimum atomic E-state index is -0.585. The lowest BCUT2D eigenvalue weighted by Crippen LogP contribution is -2.50. The third kappa shape index (κ3) is 7.10. The summed E-state index contributed by atoms with van der Waals surface area (Å²) in [6, 6.07) is 13.9. The number of benzene rings is 2. The van der Waals surface area contributed by atoms with E-state index in [1.54, 1.807) is 35.7 Å². The van der Waals surface area contributed by atoms with Crippen LogP contribution < -0.4 is 5.32 Å². The van der Waals surface area contributed by atoms with Crippen LogP contribution in [0.4, 0.5) is 4.39 Å². The summed E-state index contributed by atoms with van der Waals surface area (Å²) in [6.07, 6.45) is 4.26. The number of hydrogen-bond donors (Lipinski definition) is 1.